The summed E-state index contributed by atoms with van der Waals surface area (Å²) in [7, 11) is 0. The van der Waals surface area contributed by atoms with Gasteiger partial charge in [0.05, 0.1) is 17.1 Å². The van der Waals surface area contributed by atoms with Gasteiger partial charge in [-0.2, -0.15) is 0 Å². The van der Waals surface area contributed by atoms with Crippen LogP contribution in [0.3, 0.4) is 0 Å². The van der Waals surface area contributed by atoms with Crippen LogP contribution in [0.15, 0.2) is 30.5 Å². The lowest BCUT2D eigenvalue weighted by atomic mass is 10.1. The summed E-state index contributed by atoms with van der Waals surface area (Å²) in [4.78, 5) is 59.2. The molecule has 2 aliphatic rings. The minimum Gasteiger partial charge on any atom is -0.479 e. The number of nitrogens with one attached hydrogen (secondary N) is 2. The molecule has 2 saturated heterocycles. The molecule has 2 atom stereocenters. The molecular formula is C26H27ClN6O5. The molecule has 3 aromatic rings. The van der Waals surface area contributed by atoms with Crippen molar-refractivity contribution in [3.8, 4) is 5.75 Å². The number of carbonyl (C=O) groups is 4. The lowest BCUT2D eigenvalue weighted by molar-refractivity contribution is -0.139. The number of benzene rings is 1. The summed E-state index contributed by atoms with van der Waals surface area (Å²) in [6.07, 6.45) is 3.92. The highest BCUT2D eigenvalue weighted by atomic mass is 35.5. The molecule has 1 aromatic carbocycles. The quantitative estimate of drug-likeness (QED) is 0.364. The van der Waals surface area contributed by atoms with E-state index in [1.165, 1.54) is 4.90 Å². The summed E-state index contributed by atoms with van der Waals surface area (Å²) in [5.74, 6) is -0.609. The molecule has 0 bridgehead atoms. The first-order chi connectivity index (χ1) is 18.4. The Bertz CT molecular complexity index is 1420. The third kappa shape index (κ3) is 5.06. The Hall–Kier alpha value is -3.99. The number of imidazole rings is 1. The minimum atomic E-state index is -0.658. The fourth-order valence-electron chi connectivity index (χ4n) is 4.97. The molecule has 5 rings (SSSR count). The number of hydrogen-bond acceptors (Lipinski definition) is 7. The molecule has 38 heavy (non-hydrogen) atoms. The first kappa shape index (κ1) is 25.7. The van der Waals surface area contributed by atoms with Gasteiger partial charge >= 0.3 is 0 Å². The highest BCUT2D eigenvalue weighted by Crippen LogP contribution is 2.39. The van der Waals surface area contributed by atoms with Crippen LogP contribution in [0.1, 0.15) is 47.8 Å². The van der Waals surface area contributed by atoms with Crippen molar-refractivity contribution in [1.29, 1.82) is 0 Å². The second-order valence-electron chi connectivity index (χ2n) is 9.43. The number of fused-ring (bicyclic) bond motifs is 1. The molecule has 0 saturated carbocycles. The fraction of sp³-hybridized carbons (Fsp3) is 0.385. The van der Waals surface area contributed by atoms with Crippen LogP contribution in [0, 0.1) is 6.92 Å². The van der Waals surface area contributed by atoms with E-state index in [4.69, 9.17) is 16.3 Å². The van der Waals surface area contributed by atoms with Crippen LogP contribution >= 0.6 is 11.6 Å². The maximum absolute atomic E-state index is 13.2. The van der Waals surface area contributed by atoms with Crippen molar-refractivity contribution in [3.05, 3.63) is 46.7 Å². The molecule has 2 aromatic heterocycles. The Kier molecular flexibility index (Phi) is 7.28. The summed E-state index contributed by atoms with van der Waals surface area (Å²) in [5, 5.41) is 5.88. The van der Waals surface area contributed by atoms with E-state index in [1.54, 1.807) is 37.4 Å². The molecule has 2 N–H and O–H groups in total. The number of amides is 3. The molecule has 3 amide bonds. The summed E-state index contributed by atoms with van der Waals surface area (Å²) < 4.78 is 7.76. The number of ether oxygens (including phenoxy) is 1. The minimum absolute atomic E-state index is 0.206. The lowest BCUT2D eigenvalue weighted by Gasteiger charge is -2.26. The summed E-state index contributed by atoms with van der Waals surface area (Å²) in [5.41, 5.74) is 2.13. The normalized spacial score (nSPS) is 19.6. The van der Waals surface area contributed by atoms with Crippen LogP contribution < -0.4 is 15.4 Å². The van der Waals surface area contributed by atoms with E-state index in [0.717, 1.165) is 12.8 Å². The second-order valence-corrected chi connectivity index (χ2v) is 9.81. The maximum atomic E-state index is 13.2. The van der Waals surface area contributed by atoms with Crippen molar-refractivity contribution in [2.24, 2.45) is 0 Å². The van der Waals surface area contributed by atoms with Gasteiger partial charge in [0.1, 0.15) is 10.8 Å². The number of carbonyl (C=O) groups excluding carboxylic acids is 4. The van der Waals surface area contributed by atoms with Crippen molar-refractivity contribution < 1.29 is 23.9 Å². The predicted octanol–water partition coefficient (Wildman–Crippen LogP) is 2.67. The number of anilines is 1. The first-order valence-corrected chi connectivity index (χ1v) is 12.9. The maximum Gasteiger partial charge on any atom is 0.286 e. The highest BCUT2D eigenvalue weighted by Gasteiger charge is 2.31. The van der Waals surface area contributed by atoms with E-state index < -0.39 is 12.0 Å². The number of aryl methyl sites for hydroxylation is 1. The summed E-state index contributed by atoms with van der Waals surface area (Å²) >= 11 is 6.87. The van der Waals surface area contributed by atoms with Gasteiger partial charge in [-0.05, 0) is 50.5 Å². The van der Waals surface area contributed by atoms with Gasteiger partial charge in [-0.1, -0.05) is 11.6 Å². The van der Waals surface area contributed by atoms with Crippen LogP contribution in [0.4, 0.5) is 5.95 Å². The third-order valence-electron chi connectivity index (χ3n) is 6.83. The van der Waals surface area contributed by atoms with Crippen molar-refractivity contribution in [3.63, 3.8) is 0 Å². The molecule has 0 spiro atoms. The van der Waals surface area contributed by atoms with Gasteiger partial charge in [-0.25, -0.2) is 4.98 Å². The standard InChI is InChI=1S/C26H27ClN6O5/c1-15-12-16(7-9-28-15)24(36)31-26-30-18-5-6-19(38-20-8-10-29-25(20)37)22(27)23(18)33(26)17-4-2-3-11-32(13-17)21(35)14-34/h5-7,9,12,14,17,20H,2-4,8,10-11,13H2,1H3,(H,29,37)(H,30,31,36)/t17-,20?/m1/s1. The van der Waals surface area contributed by atoms with Crippen molar-refractivity contribution in [1.82, 2.24) is 24.8 Å². The smallest absolute Gasteiger partial charge is 0.286 e. The third-order valence-corrected chi connectivity index (χ3v) is 7.20. The monoisotopic (exact) mass is 538 g/mol. The predicted molar refractivity (Wildman–Crippen MR) is 139 cm³/mol. The molecule has 0 aliphatic carbocycles. The Morgan fingerprint density at radius 1 is 1.24 bits per heavy atom. The number of pyridine rings is 1. The Balaban J connectivity index is 1.59. The number of halogens is 1. The zero-order valence-corrected chi connectivity index (χ0v) is 21.5. The Morgan fingerprint density at radius 2 is 2.08 bits per heavy atom. The number of aromatic nitrogens is 3. The van der Waals surface area contributed by atoms with Crippen LogP contribution in [0.25, 0.3) is 11.0 Å². The van der Waals surface area contributed by atoms with E-state index in [9.17, 15) is 19.2 Å². The fourth-order valence-corrected chi connectivity index (χ4v) is 5.26. The zero-order chi connectivity index (χ0) is 26.8. The van der Waals surface area contributed by atoms with Crippen molar-refractivity contribution in [2.75, 3.05) is 25.0 Å². The van der Waals surface area contributed by atoms with Gasteiger partial charge < -0.3 is 19.5 Å². The summed E-state index contributed by atoms with van der Waals surface area (Å²) in [6, 6.07) is 6.32. The van der Waals surface area contributed by atoms with E-state index >= 15 is 0 Å². The average Bonchev–Trinajstić information content (AvgIpc) is 3.38. The molecule has 1 unspecified atom stereocenters. The number of rotatable bonds is 6. The summed E-state index contributed by atoms with van der Waals surface area (Å²) in [6.45, 7) is 3.01. The largest absolute Gasteiger partial charge is 0.479 e. The molecule has 12 heteroatoms. The first-order valence-electron chi connectivity index (χ1n) is 12.5. The van der Waals surface area contributed by atoms with Gasteiger partial charge in [-0.15, -0.1) is 0 Å². The topological polar surface area (TPSA) is 136 Å². The molecule has 0 radical (unpaired) electrons. The zero-order valence-electron chi connectivity index (χ0n) is 20.8. The van der Waals surface area contributed by atoms with Gasteiger partial charge in [0.2, 0.25) is 12.2 Å². The number of nitrogens with zero attached hydrogens (tertiary/aromatic N) is 4. The molecular weight excluding hydrogens is 512 g/mol. The van der Waals surface area contributed by atoms with Crippen molar-refractivity contribution >= 4 is 52.6 Å². The van der Waals surface area contributed by atoms with E-state index in [2.05, 4.69) is 20.6 Å². The van der Waals surface area contributed by atoms with E-state index in [1.807, 2.05) is 4.57 Å². The Labute approximate surface area is 223 Å². The van der Waals surface area contributed by atoms with Gasteiger partial charge in [0, 0.05) is 43.5 Å². The van der Waals surface area contributed by atoms with Gasteiger partial charge in [0.25, 0.3) is 17.7 Å². The molecule has 11 nitrogen and oxygen atoms in total. The second kappa shape index (κ2) is 10.8. The lowest BCUT2D eigenvalue weighted by Crippen LogP contribution is -2.36. The molecule has 2 aliphatic heterocycles. The van der Waals surface area contributed by atoms with Crippen LogP contribution in [-0.4, -0.2) is 69.2 Å². The SMILES string of the molecule is Cc1cc(C(=O)Nc2nc3ccc(OC4CCNC4=O)c(Cl)c3n2[C@@H]2CCCCN(C(=O)C=O)C2)ccn1. The number of aldehydes is 1. The number of likely N-dealkylation sites (tertiary alicyclic amines) is 1. The van der Waals surface area contributed by atoms with Gasteiger partial charge in [0.15, 0.2) is 6.10 Å². The molecule has 4 heterocycles. The number of hydrogen-bond donors (Lipinski definition) is 2. The van der Waals surface area contributed by atoms with Crippen LogP contribution in [0.2, 0.25) is 5.02 Å². The van der Waals surface area contributed by atoms with Crippen molar-refractivity contribution in [2.45, 2.75) is 44.8 Å². The molecule has 2 fully saturated rings. The van der Waals surface area contributed by atoms with E-state index in [-0.39, 0.29) is 35.4 Å². The highest BCUT2D eigenvalue weighted by molar-refractivity contribution is 6.36. The van der Waals surface area contributed by atoms with Gasteiger partial charge in [-0.3, -0.25) is 29.5 Å². The Morgan fingerprint density at radius 3 is 2.82 bits per heavy atom. The van der Waals surface area contributed by atoms with Crippen LogP contribution in [-0.2, 0) is 14.4 Å². The van der Waals surface area contributed by atoms with E-state index in [0.29, 0.717) is 60.3 Å². The average molecular weight is 539 g/mol. The molecule has 198 valence electrons. The van der Waals surface area contributed by atoms with Crippen LogP contribution in [0.5, 0.6) is 5.75 Å².